The molecule has 0 atom stereocenters. The molecule has 2 nitrogen and oxygen atoms in total. The number of carbonyl (C=O) groups is 1. The van der Waals surface area contributed by atoms with Gasteiger partial charge in [-0.05, 0) is 29.8 Å². The van der Waals surface area contributed by atoms with Gasteiger partial charge in [0.15, 0.2) is 0 Å². The van der Waals surface area contributed by atoms with Crippen molar-refractivity contribution in [2.45, 2.75) is 26.7 Å². The van der Waals surface area contributed by atoms with Crippen LogP contribution in [0, 0.1) is 3.82 Å². The van der Waals surface area contributed by atoms with Gasteiger partial charge in [0.1, 0.15) is 12.6 Å². The predicted octanol–water partition coefficient (Wildman–Crippen LogP) is 7.06. The van der Waals surface area contributed by atoms with Crippen LogP contribution in [0.5, 0.6) is 0 Å². The Labute approximate surface area is 203 Å². The van der Waals surface area contributed by atoms with Gasteiger partial charge >= 0.3 is 5.97 Å². The van der Waals surface area contributed by atoms with Gasteiger partial charge in [-0.15, -0.1) is 46.2 Å². The summed E-state index contributed by atoms with van der Waals surface area (Å²) in [6, 6.07) is 0. The summed E-state index contributed by atoms with van der Waals surface area (Å²) in [7, 11) is 1.41. The summed E-state index contributed by atoms with van der Waals surface area (Å²) in [4.78, 5) is 12.4. The molecule has 152 valence electrons. The fourth-order valence-electron chi connectivity index (χ4n) is 1.96. The van der Waals surface area contributed by atoms with E-state index in [-0.39, 0.29) is 5.97 Å². The molecular formula is C17H18O2S9. The van der Waals surface area contributed by atoms with E-state index in [1.54, 1.807) is 34.4 Å². The molecule has 2 aliphatic heterocycles. The van der Waals surface area contributed by atoms with Crippen molar-refractivity contribution in [3.8, 4) is 0 Å². The maximum Gasteiger partial charge on any atom is 0.345 e. The molecule has 1 aromatic rings. The Kier molecular flexibility index (Phi) is 9.84. The average Bonchev–Trinajstić information content (AvgIpc) is 3.42. The van der Waals surface area contributed by atoms with Crippen LogP contribution in [0.2, 0.25) is 0 Å². The Balaban J connectivity index is 1.89. The smallest absolute Gasteiger partial charge is 0.345 e. The maximum absolute atomic E-state index is 11.8. The van der Waals surface area contributed by atoms with Gasteiger partial charge in [-0.2, -0.15) is 0 Å². The first kappa shape index (κ1) is 23.7. The Bertz CT molecular complexity index is 961. The lowest BCUT2D eigenvalue weighted by molar-refractivity contribution is -0.135. The molecular weight excluding hydrogens is 525 g/mol. The molecule has 0 spiro atoms. The summed E-state index contributed by atoms with van der Waals surface area (Å²) in [5, 5.41) is 1.86. The van der Waals surface area contributed by atoms with E-state index >= 15 is 0 Å². The van der Waals surface area contributed by atoms with E-state index in [1.807, 2.05) is 52.5 Å². The van der Waals surface area contributed by atoms with E-state index < -0.39 is 0 Å². The molecule has 3 heterocycles. The van der Waals surface area contributed by atoms with Crippen molar-refractivity contribution in [1.29, 1.82) is 0 Å². The van der Waals surface area contributed by atoms with Gasteiger partial charge in [-0.25, -0.2) is 4.79 Å². The second-order valence-electron chi connectivity index (χ2n) is 5.35. The second-order valence-corrected chi connectivity index (χ2v) is 15.5. The van der Waals surface area contributed by atoms with Crippen molar-refractivity contribution in [2.75, 3.05) is 18.6 Å². The van der Waals surface area contributed by atoms with Gasteiger partial charge in [-0.3, -0.25) is 0 Å². The summed E-state index contributed by atoms with van der Waals surface area (Å²) < 4.78 is 13.4. The highest BCUT2D eigenvalue weighted by molar-refractivity contribution is 8.45. The topological polar surface area (TPSA) is 26.3 Å². The lowest BCUT2D eigenvalue weighted by Gasteiger charge is -2.02. The summed E-state index contributed by atoms with van der Waals surface area (Å²) >= 11 is 19.9. The Morgan fingerprint density at radius 1 is 1.04 bits per heavy atom. The van der Waals surface area contributed by atoms with Crippen molar-refractivity contribution in [3.05, 3.63) is 31.0 Å². The number of thioether (sulfide) groups is 6. The van der Waals surface area contributed by atoms with E-state index in [0.717, 1.165) is 24.1 Å². The Morgan fingerprint density at radius 3 is 2.25 bits per heavy atom. The average molecular weight is 543 g/mol. The van der Waals surface area contributed by atoms with Gasteiger partial charge in [0, 0.05) is 0 Å². The summed E-state index contributed by atoms with van der Waals surface area (Å²) in [6.45, 7) is 4.46. The quantitative estimate of drug-likeness (QED) is 0.265. The number of ether oxygens (including phenoxy) is 1. The zero-order valence-corrected chi connectivity index (χ0v) is 22.7. The Hall–Kier alpha value is 1.06. The first-order valence-electron chi connectivity index (χ1n) is 8.44. The summed E-state index contributed by atoms with van der Waals surface area (Å²) in [5.41, 5.74) is 0. The van der Waals surface area contributed by atoms with Crippen LogP contribution in [0.15, 0.2) is 18.8 Å². The molecule has 11 heteroatoms. The minimum atomic E-state index is -0.283. The zero-order chi connectivity index (χ0) is 20.1. The lowest BCUT2D eigenvalue weighted by Crippen LogP contribution is -2.00. The maximum atomic E-state index is 11.8. The van der Waals surface area contributed by atoms with Gasteiger partial charge < -0.3 is 4.74 Å². The van der Waals surface area contributed by atoms with Crippen LogP contribution in [0.3, 0.4) is 0 Å². The fraction of sp³-hybridized carbons (Fsp3) is 0.412. The SMILES string of the molecule is CCCSC1=C(SCCC)SC(=c2sc(=S)/c(=C3\SC=C(C(=O)OC)S3)s2)S1. The highest BCUT2D eigenvalue weighted by Crippen LogP contribution is 2.58. The Morgan fingerprint density at radius 2 is 1.68 bits per heavy atom. The molecule has 0 fully saturated rings. The molecule has 0 unspecified atom stereocenters. The molecule has 0 bridgehead atoms. The monoisotopic (exact) mass is 542 g/mol. The molecule has 2 aliphatic rings. The highest BCUT2D eigenvalue weighted by Gasteiger charge is 2.24. The van der Waals surface area contributed by atoms with E-state index in [4.69, 9.17) is 17.0 Å². The van der Waals surface area contributed by atoms with Crippen molar-refractivity contribution in [1.82, 2.24) is 0 Å². The van der Waals surface area contributed by atoms with E-state index in [2.05, 4.69) is 13.8 Å². The molecule has 0 aliphatic carbocycles. The molecule has 0 amide bonds. The molecule has 0 saturated carbocycles. The fourth-order valence-corrected chi connectivity index (χ4v) is 13.5. The van der Waals surface area contributed by atoms with Gasteiger partial charge in [0.2, 0.25) is 0 Å². The first-order valence-corrected chi connectivity index (χ1v) is 15.8. The predicted molar refractivity (Wildman–Crippen MR) is 142 cm³/mol. The lowest BCUT2D eigenvalue weighted by atomic mass is 10.6. The van der Waals surface area contributed by atoms with Crippen LogP contribution >= 0.6 is 105 Å². The molecule has 1 aromatic heterocycles. The number of methoxy groups -OCH3 is 1. The van der Waals surface area contributed by atoms with Crippen molar-refractivity contribution < 1.29 is 9.53 Å². The standard InChI is InChI=1S/C17H18O2S9/c1-4-6-21-14-15(22-7-5-2)28-17(27-14)16-25-10(12(20)26-16)13-23-8-9(24-13)11(18)19-3/h8H,4-7H2,1-3H3/b13-10-. The minimum absolute atomic E-state index is 0.283. The van der Waals surface area contributed by atoms with Crippen LogP contribution < -0.4 is 8.38 Å². The largest absolute Gasteiger partial charge is 0.465 e. The third kappa shape index (κ3) is 5.85. The number of hydrogen-bond donors (Lipinski definition) is 0. The van der Waals surface area contributed by atoms with Crippen LogP contribution in [0.4, 0.5) is 0 Å². The molecule has 0 aromatic carbocycles. The number of carbonyl (C=O) groups excluding carboxylic acids is 1. The molecule has 0 saturated heterocycles. The van der Waals surface area contributed by atoms with E-state index in [9.17, 15) is 4.79 Å². The van der Waals surface area contributed by atoms with Crippen molar-refractivity contribution in [2.24, 2.45) is 0 Å². The van der Waals surface area contributed by atoms with Gasteiger partial charge in [-0.1, -0.05) is 73.1 Å². The van der Waals surface area contributed by atoms with Crippen LogP contribution in [-0.4, -0.2) is 24.6 Å². The van der Waals surface area contributed by atoms with Crippen LogP contribution in [0.25, 0.3) is 8.47 Å². The molecule has 28 heavy (non-hydrogen) atoms. The van der Waals surface area contributed by atoms with Crippen molar-refractivity contribution in [3.63, 3.8) is 0 Å². The summed E-state index contributed by atoms with van der Waals surface area (Å²) in [5.74, 6) is 2.03. The molecule has 0 N–H and O–H groups in total. The minimum Gasteiger partial charge on any atom is -0.465 e. The third-order valence-corrected chi connectivity index (χ3v) is 15.3. The molecule has 3 rings (SSSR count). The first-order chi connectivity index (χ1) is 13.6. The van der Waals surface area contributed by atoms with E-state index in [1.165, 1.54) is 48.3 Å². The normalized spacial score (nSPS) is 18.8. The number of hydrogen-bond acceptors (Lipinski definition) is 11. The van der Waals surface area contributed by atoms with E-state index in [0.29, 0.717) is 4.91 Å². The van der Waals surface area contributed by atoms with Crippen molar-refractivity contribution >= 4 is 120 Å². The third-order valence-electron chi connectivity index (χ3n) is 3.19. The zero-order valence-electron chi connectivity index (χ0n) is 15.4. The van der Waals surface area contributed by atoms with Crippen LogP contribution in [-0.2, 0) is 9.53 Å². The molecule has 0 radical (unpaired) electrons. The van der Waals surface area contributed by atoms with Gasteiger partial charge in [0.25, 0.3) is 0 Å². The second kappa shape index (κ2) is 11.6. The number of rotatable bonds is 7. The van der Waals surface area contributed by atoms with Crippen LogP contribution in [0.1, 0.15) is 26.7 Å². The number of esters is 1. The summed E-state index contributed by atoms with van der Waals surface area (Å²) in [6.07, 6.45) is 2.37. The highest BCUT2D eigenvalue weighted by atomic mass is 32.3. The van der Waals surface area contributed by atoms with Gasteiger partial charge in [0.05, 0.1) is 28.6 Å².